The van der Waals surface area contributed by atoms with E-state index in [1.807, 2.05) is 0 Å². The van der Waals surface area contributed by atoms with Crippen LogP contribution in [0.15, 0.2) is 6.07 Å². The summed E-state index contributed by atoms with van der Waals surface area (Å²) in [5, 5.41) is 20.8. The lowest BCUT2D eigenvalue weighted by atomic mass is 9.94. The number of aliphatic hydroxyl groups excluding tert-OH is 1. The van der Waals surface area contributed by atoms with Crippen molar-refractivity contribution in [3.05, 3.63) is 22.8 Å². The number of carbonyl (C=O) groups excluding carboxylic acids is 2. The quantitative estimate of drug-likeness (QED) is 0.578. The minimum absolute atomic E-state index is 0.0450. The van der Waals surface area contributed by atoms with E-state index in [2.05, 4.69) is 4.74 Å². The zero-order chi connectivity index (χ0) is 17.7. The molecule has 0 unspecified atom stereocenters. The molecule has 0 fully saturated rings. The third kappa shape index (κ3) is 4.00. The van der Waals surface area contributed by atoms with Crippen molar-refractivity contribution in [2.45, 2.75) is 32.5 Å². The molecule has 1 aromatic rings. The second-order valence-corrected chi connectivity index (χ2v) is 5.09. The van der Waals surface area contributed by atoms with Crippen molar-refractivity contribution >= 4 is 11.8 Å². The Morgan fingerprint density at radius 2 is 1.87 bits per heavy atom. The zero-order valence-electron chi connectivity index (χ0n) is 13.9. The van der Waals surface area contributed by atoms with E-state index in [0.717, 1.165) is 0 Å². The van der Waals surface area contributed by atoms with Gasteiger partial charge in [0, 0.05) is 13.5 Å². The summed E-state index contributed by atoms with van der Waals surface area (Å²) in [5.74, 6) is -1.12. The summed E-state index contributed by atoms with van der Waals surface area (Å²) in [4.78, 5) is 23.2. The number of phenolic OH excluding ortho intramolecular Hbond substituents is 1. The molecule has 7 heteroatoms. The number of hydrogen-bond donors (Lipinski definition) is 2. The second-order valence-electron chi connectivity index (χ2n) is 5.09. The second kappa shape index (κ2) is 7.94. The first-order valence-electron chi connectivity index (χ1n) is 6.98. The molecule has 1 aromatic carbocycles. The third-order valence-electron chi connectivity index (χ3n) is 3.58. The zero-order valence-corrected chi connectivity index (χ0v) is 13.9. The summed E-state index contributed by atoms with van der Waals surface area (Å²) in [5.41, 5.74) is 0.699. The molecule has 2 N–H and O–H groups in total. The summed E-state index contributed by atoms with van der Waals surface area (Å²) in [6.45, 7) is 3.00. The van der Waals surface area contributed by atoms with Gasteiger partial charge in [-0.15, -0.1) is 0 Å². The summed E-state index contributed by atoms with van der Waals surface area (Å²) < 4.78 is 14.8. The van der Waals surface area contributed by atoms with Crippen molar-refractivity contribution in [2.75, 3.05) is 21.3 Å². The van der Waals surface area contributed by atoms with E-state index in [1.165, 1.54) is 34.3 Å². The van der Waals surface area contributed by atoms with Crippen LogP contribution in [-0.4, -0.2) is 49.4 Å². The predicted molar refractivity (Wildman–Crippen MR) is 81.8 cm³/mol. The van der Waals surface area contributed by atoms with Crippen LogP contribution in [0, 0.1) is 6.92 Å². The molecule has 0 spiro atoms. The lowest BCUT2D eigenvalue weighted by molar-refractivity contribution is -0.154. The number of carbonyl (C=O) groups is 2. The van der Waals surface area contributed by atoms with Gasteiger partial charge in [0.2, 0.25) is 0 Å². The Bertz CT molecular complexity index is 595. The highest BCUT2D eigenvalue weighted by Gasteiger charge is 2.29. The molecule has 0 radical (unpaired) electrons. The molecular weight excluding hydrogens is 304 g/mol. The van der Waals surface area contributed by atoms with Crippen LogP contribution in [0.4, 0.5) is 0 Å². The molecule has 0 aromatic heterocycles. The molecule has 0 amide bonds. The molecule has 1 rings (SSSR count). The van der Waals surface area contributed by atoms with Crippen molar-refractivity contribution < 1.29 is 34.0 Å². The van der Waals surface area contributed by atoms with Crippen LogP contribution in [-0.2, 0) is 14.3 Å². The van der Waals surface area contributed by atoms with E-state index >= 15 is 0 Å². The molecule has 2 atom stereocenters. The Kier molecular flexibility index (Phi) is 6.53. The fourth-order valence-corrected chi connectivity index (χ4v) is 2.40. The van der Waals surface area contributed by atoms with Gasteiger partial charge in [-0.25, -0.2) is 4.79 Å². The first kappa shape index (κ1) is 18.9. The van der Waals surface area contributed by atoms with Crippen molar-refractivity contribution in [1.82, 2.24) is 0 Å². The standard InChI is InChI=1S/C16H22O7/c1-8-6-10(9(2)17)14(19)13(15(8)22-4)11(18)7-12(21-3)16(20)23-5/h6,11-12,18-19H,7H2,1-5H3/t11-,12+/m1/s1. The maximum atomic E-state index is 11.6. The summed E-state index contributed by atoms with van der Waals surface area (Å²) in [6, 6.07) is 1.49. The van der Waals surface area contributed by atoms with E-state index in [9.17, 15) is 19.8 Å². The van der Waals surface area contributed by atoms with Gasteiger partial charge in [0.1, 0.15) is 11.5 Å². The topological polar surface area (TPSA) is 102 Å². The van der Waals surface area contributed by atoms with E-state index in [-0.39, 0.29) is 34.8 Å². The highest BCUT2D eigenvalue weighted by molar-refractivity contribution is 5.98. The molecule has 7 nitrogen and oxygen atoms in total. The van der Waals surface area contributed by atoms with Gasteiger partial charge >= 0.3 is 5.97 Å². The number of hydrogen-bond acceptors (Lipinski definition) is 7. The number of methoxy groups -OCH3 is 3. The van der Waals surface area contributed by atoms with Gasteiger partial charge in [0.05, 0.1) is 31.5 Å². The van der Waals surface area contributed by atoms with Gasteiger partial charge in [-0.05, 0) is 25.5 Å². The molecule has 0 aliphatic heterocycles. The Morgan fingerprint density at radius 1 is 1.26 bits per heavy atom. The number of Topliss-reactive ketones (excluding diaryl/α,β-unsaturated/α-hetero) is 1. The minimum atomic E-state index is -1.29. The van der Waals surface area contributed by atoms with Crippen LogP contribution in [0.1, 0.15) is 40.9 Å². The molecule has 0 aliphatic carbocycles. The van der Waals surface area contributed by atoms with Gasteiger partial charge in [0.15, 0.2) is 11.9 Å². The van der Waals surface area contributed by atoms with Gasteiger partial charge in [-0.3, -0.25) is 4.79 Å². The third-order valence-corrected chi connectivity index (χ3v) is 3.58. The van der Waals surface area contributed by atoms with E-state index in [4.69, 9.17) is 9.47 Å². The Balaban J connectivity index is 3.33. The Hall–Kier alpha value is -2.12. The van der Waals surface area contributed by atoms with Gasteiger partial charge in [0.25, 0.3) is 0 Å². The molecular formula is C16H22O7. The fourth-order valence-electron chi connectivity index (χ4n) is 2.40. The number of esters is 1. The van der Waals surface area contributed by atoms with Crippen molar-refractivity contribution in [3.8, 4) is 11.5 Å². The summed E-state index contributed by atoms with van der Waals surface area (Å²) >= 11 is 0. The lowest BCUT2D eigenvalue weighted by Crippen LogP contribution is -2.26. The van der Waals surface area contributed by atoms with Crippen LogP contribution in [0.3, 0.4) is 0 Å². The summed E-state index contributed by atoms with van der Waals surface area (Å²) in [6.07, 6.45) is -2.46. The number of rotatable bonds is 7. The monoisotopic (exact) mass is 326 g/mol. The van der Waals surface area contributed by atoms with Crippen LogP contribution >= 0.6 is 0 Å². The predicted octanol–water partition coefficient (Wildman–Crippen LogP) is 1.52. The number of ketones is 1. The summed E-state index contributed by atoms with van der Waals surface area (Å²) in [7, 11) is 3.90. The van der Waals surface area contributed by atoms with Crippen LogP contribution in [0.25, 0.3) is 0 Å². The number of aliphatic hydroxyl groups is 1. The number of ether oxygens (including phenoxy) is 3. The molecule has 0 saturated heterocycles. The molecule has 128 valence electrons. The molecule has 23 heavy (non-hydrogen) atoms. The van der Waals surface area contributed by atoms with Crippen molar-refractivity contribution in [1.29, 1.82) is 0 Å². The fraction of sp³-hybridized carbons (Fsp3) is 0.500. The maximum Gasteiger partial charge on any atom is 0.335 e. The van der Waals surface area contributed by atoms with Crippen LogP contribution < -0.4 is 4.74 Å². The number of phenols is 1. The smallest absolute Gasteiger partial charge is 0.335 e. The average Bonchev–Trinajstić information content (AvgIpc) is 2.52. The molecule has 0 bridgehead atoms. The van der Waals surface area contributed by atoms with Crippen molar-refractivity contribution in [3.63, 3.8) is 0 Å². The lowest BCUT2D eigenvalue weighted by Gasteiger charge is -2.22. The first-order chi connectivity index (χ1) is 10.8. The SMILES string of the molecule is COC(=O)[C@H](C[C@@H](O)c1c(O)c(C(C)=O)cc(C)c1OC)OC. The van der Waals surface area contributed by atoms with E-state index in [0.29, 0.717) is 5.56 Å². The minimum Gasteiger partial charge on any atom is -0.507 e. The van der Waals surface area contributed by atoms with Gasteiger partial charge in [-0.2, -0.15) is 0 Å². The maximum absolute atomic E-state index is 11.6. The molecule has 0 saturated carbocycles. The van der Waals surface area contributed by atoms with Gasteiger partial charge in [-0.1, -0.05) is 0 Å². The van der Waals surface area contributed by atoms with Crippen molar-refractivity contribution in [2.24, 2.45) is 0 Å². The Morgan fingerprint density at radius 3 is 2.30 bits per heavy atom. The van der Waals surface area contributed by atoms with Crippen LogP contribution in [0.5, 0.6) is 11.5 Å². The average molecular weight is 326 g/mol. The molecule has 0 heterocycles. The normalized spacial score (nSPS) is 13.3. The Labute approximate surface area is 134 Å². The largest absolute Gasteiger partial charge is 0.507 e. The van der Waals surface area contributed by atoms with Gasteiger partial charge < -0.3 is 24.4 Å². The van der Waals surface area contributed by atoms with Crippen LogP contribution in [0.2, 0.25) is 0 Å². The first-order valence-corrected chi connectivity index (χ1v) is 6.98. The van der Waals surface area contributed by atoms with E-state index in [1.54, 1.807) is 6.92 Å². The highest BCUT2D eigenvalue weighted by Crippen LogP contribution is 2.40. The number of aryl methyl sites for hydroxylation is 1. The molecule has 0 aliphatic rings. The van der Waals surface area contributed by atoms with E-state index < -0.39 is 18.2 Å². The number of benzene rings is 1. The highest BCUT2D eigenvalue weighted by atomic mass is 16.6. The number of aromatic hydroxyl groups is 1.